The fourth-order valence-electron chi connectivity index (χ4n) is 2.84. The molecule has 0 radical (unpaired) electrons. The van der Waals surface area contributed by atoms with Gasteiger partial charge in [-0.1, -0.05) is 26.0 Å². The van der Waals surface area contributed by atoms with Crippen molar-refractivity contribution in [1.82, 2.24) is 20.5 Å². The number of likely N-dealkylation sites (N-methyl/N-ethyl adjacent to an activating group) is 1. The van der Waals surface area contributed by atoms with Crippen LogP contribution in [0.25, 0.3) is 0 Å². The van der Waals surface area contributed by atoms with Gasteiger partial charge in [-0.15, -0.1) is 35.3 Å². The molecule has 0 aliphatic carbocycles. The molecule has 0 spiro atoms. The van der Waals surface area contributed by atoms with Crippen LogP contribution in [0.15, 0.2) is 29.3 Å². The number of ether oxygens (including phenoxy) is 1. The van der Waals surface area contributed by atoms with E-state index in [0.29, 0.717) is 13.2 Å². The monoisotopic (exact) mass is 531 g/mol. The Morgan fingerprint density at radius 3 is 2.31 bits per heavy atom. The van der Waals surface area contributed by atoms with Crippen molar-refractivity contribution >= 4 is 41.3 Å². The molecule has 1 heterocycles. The van der Waals surface area contributed by atoms with Crippen molar-refractivity contribution < 1.29 is 4.74 Å². The lowest BCUT2D eigenvalue weighted by Crippen LogP contribution is -2.36. The van der Waals surface area contributed by atoms with Gasteiger partial charge in [0.2, 0.25) is 0 Å². The topological polar surface area (TPSA) is 61.8 Å². The Hall–Kier alpha value is -1.39. The second-order valence-electron chi connectivity index (χ2n) is 6.54. The normalized spacial score (nSPS) is 11.3. The standard InChI is InChI=1S/C21H33N5OS.HI/c1-6-26(7-2)12-13-27-19-10-8-18(9-11-19)14-23-21(22-5)24-15-20-16(3)25-17(4)28-20;/h8-11H,6-7,12-15H2,1-5H3,(H2,22,23,24);1H. The van der Waals surface area contributed by atoms with Crippen LogP contribution in [0.4, 0.5) is 0 Å². The molecule has 2 rings (SSSR count). The first-order chi connectivity index (χ1) is 13.5. The molecule has 0 aliphatic rings. The van der Waals surface area contributed by atoms with Gasteiger partial charge in [0.15, 0.2) is 5.96 Å². The Bertz CT molecular complexity index is 744. The number of aliphatic imine (C=N–C) groups is 1. The van der Waals surface area contributed by atoms with E-state index in [1.54, 1.807) is 18.4 Å². The molecule has 1 aromatic carbocycles. The van der Waals surface area contributed by atoms with Crippen molar-refractivity contribution in [3.05, 3.63) is 45.4 Å². The van der Waals surface area contributed by atoms with E-state index >= 15 is 0 Å². The lowest BCUT2D eigenvalue weighted by Gasteiger charge is -2.18. The summed E-state index contributed by atoms with van der Waals surface area (Å²) in [5.74, 6) is 1.69. The van der Waals surface area contributed by atoms with Crippen LogP contribution in [-0.4, -0.2) is 49.1 Å². The van der Waals surface area contributed by atoms with Crippen LogP contribution in [0.5, 0.6) is 5.75 Å². The number of nitrogens with one attached hydrogen (secondary N) is 2. The summed E-state index contributed by atoms with van der Waals surface area (Å²) in [7, 11) is 1.78. The lowest BCUT2D eigenvalue weighted by molar-refractivity contribution is 0.223. The molecule has 1 aromatic heterocycles. The van der Waals surface area contributed by atoms with Gasteiger partial charge in [-0.2, -0.15) is 0 Å². The molecule has 0 unspecified atom stereocenters. The van der Waals surface area contributed by atoms with Crippen LogP contribution < -0.4 is 15.4 Å². The largest absolute Gasteiger partial charge is 0.492 e. The van der Waals surface area contributed by atoms with Gasteiger partial charge in [0.25, 0.3) is 0 Å². The van der Waals surface area contributed by atoms with Crippen molar-refractivity contribution in [3.63, 3.8) is 0 Å². The van der Waals surface area contributed by atoms with Crippen LogP contribution in [-0.2, 0) is 13.1 Å². The molecule has 29 heavy (non-hydrogen) atoms. The third-order valence-electron chi connectivity index (χ3n) is 4.59. The van der Waals surface area contributed by atoms with E-state index in [1.165, 1.54) is 10.4 Å². The zero-order chi connectivity index (χ0) is 20.4. The predicted molar refractivity (Wildman–Crippen MR) is 134 cm³/mol. The number of hydrogen-bond acceptors (Lipinski definition) is 5. The SMILES string of the molecule is CCN(CC)CCOc1ccc(CNC(=NC)NCc2sc(C)nc2C)cc1.I. The van der Waals surface area contributed by atoms with E-state index in [0.717, 1.165) is 48.6 Å². The Morgan fingerprint density at radius 1 is 1.10 bits per heavy atom. The summed E-state index contributed by atoms with van der Waals surface area (Å²) in [4.78, 5) is 12.4. The number of aryl methyl sites for hydroxylation is 2. The summed E-state index contributed by atoms with van der Waals surface area (Å²) in [5, 5.41) is 7.80. The third kappa shape index (κ3) is 8.88. The fraction of sp³-hybridized carbons (Fsp3) is 0.524. The van der Waals surface area contributed by atoms with Gasteiger partial charge < -0.3 is 20.3 Å². The Kier molecular flexibility index (Phi) is 12.2. The summed E-state index contributed by atoms with van der Waals surface area (Å²) in [6, 6.07) is 8.23. The maximum absolute atomic E-state index is 5.84. The number of benzene rings is 1. The Labute approximate surface area is 196 Å². The molecule has 0 amide bonds. The molecule has 0 fully saturated rings. The van der Waals surface area contributed by atoms with Crippen LogP contribution in [0.1, 0.15) is 35.0 Å². The van der Waals surface area contributed by atoms with Gasteiger partial charge in [-0.3, -0.25) is 4.99 Å². The summed E-state index contributed by atoms with van der Waals surface area (Å²) in [5.41, 5.74) is 2.27. The first-order valence-corrected chi connectivity index (χ1v) is 10.7. The molecule has 162 valence electrons. The minimum atomic E-state index is 0. The van der Waals surface area contributed by atoms with Crippen molar-refractivity contribution in [1.29, 1.82) is 0 Å². The number of nitrogens with zero attached hydrogens (tertiary/aromatic N) is 3. The molecule has 0 atom stereocenters. The molecule has 0 saturated carbocycles. The molecular weight excluding hydrogens is 497 g/mol. The van der Waals surface area contributed by atoms with Gasteiger partial charge >= 0.3 is 0 Å². The average molecular weight is 532 g/mol. The minimum Gasteiger partial charge on any atom is -0.492 e. The van der Waals surface area contributed by atoms with Crippen molar-refractivity contribution in [3.8, 4) is 5.75 Å². The number of guanidine groups is 1. The van der Waals surface area contributed by atoms with Crippen molar-refractivity contribution in [2.45, 2.75) is 40.8 Å². The van der Waals surface area contributed by atoms with Crippen molar-refractivity contribution in [2.75, 3.05) is 33.3 Å². The van der Waals surface area contributed by atoms with E-state index in [9.17, 15) is 0 Å². The quantitative estimate of drug-likeness (QED) is 0.276. The molecular formula is C21H34IN5OS. The highest BCUT2D eigenvalue weighted by Gasteiger charge is 2.06. The zero-order valence-corrected chi connectivity index (χ0v) is 21.3. The molecule has 0 bridgehead atoms. The zero-order valence-electron chi connectivity index (χ0n) is 18.1. The van der Waals surface area contributed by atoms with E-state index in [-0.39, 0.29) is 24.0 Å². The first kappa shape index (κ1) is 25.6. The van der Waals surface area contributed by atoms with E-state index < -0.39 is 0 Å². The second-order valence-corrected chi connectivity index (χ2v) is 7.83. The number of hydrogen-bond donors (Lipinski definition) is 2. The van der Waals surface area contributed by atoms with Crippen LogP contribution in [0, 0.1) is 13.8 Å². The summed E-state index contributed by atoms with van der Waals surface area (Å²) >= 11 is 1.72. The lowest BCUT2D eigenvalue weighted by atomic mass is 10.2. The smallest absolute Gasteiger partial charge is 0.191 e. The highest BCUT2D eigenvalue weighted by molar-refractivity contribution is 14.0. The number of thiazole rings is 1. The van der Waals surface area contributed by atoms with Crippen LogP contribution in [0.3, 0.4) is 0 Å². The van der Waals surface area contributed by atoms with Gasteiger partial charge in [0, 0.05) is 25.0 Å². The van der Waals surface area contributed by atoms with Gasteiger partial charge in [-0.05, 0) is 44.6 Å². The molecule has 0 aliphatic heterocycles. The van der Waals surface area contributed by atoms with E-state index in [4.69, 9.17) is 4.74 Å². The van der Waals surface area contributed by atoms with Crippen molar-refractivity contribution in [2.24, 2.45) is 4.99 Å². The predicted octanol–water partition coefficient (Wildman–Crippen LogP) is 3.96. The highest BCUT2D eigenvalue weighted by Crippen LogP contribution is 2.16. The van der Waals surface area contributed by atoms with Gasteiger partial charge in [0.1, 0.15) is 12.4 Å². The minimum absolute atomic E-state index is 0. The third-order valence-corrected chi connectivity index (χ3v) is 5.67. The molecule has 2 aromatic rings. The summed E-state index contributed by atoms with van der Waals surface area (Å²) in [6.07, 6.45) is 0. The molecule has 6 nitrogen and oxygen atoms in total. The first-order valence-electron chi connectivity index (χ1n) is 9.87. The number of halogens is 1. The van der Waals surface area contributed by atoms with Crippen LogP contribution in [0.2, 0.25) is 0 Å². The highest BCUT2D eigenvalue weighted by atomic mass is 127. The Balaban J connectivity index is 0.00000420. The number of aromatic nitrogens is 1. The van der Waals surface area contributed by atoms with E-state index in [2.05, 4.69) is 51.5 Å². The average Bonchev–Trinajstić information content (AvgIpc) is 3.03. The Morgan fingerprint density at radius 2 is 1.76 bits per heavy atom. The van der Waals surface area contributed by atoms with Gasteiger partial charge in [0.05, 0.1) is 17.2 Å². The molecule has 0 saturated heterocycles. The van der Waals surface area contributed by atoms with Crippen LogP contribution >= 0.6 is 35.3 Å². The number of rotatable bonds is 10. The maximum atomic E-state index is 5.84. The second kappa shape index (κ2) is 13.8. The van der Waals surface area contributed by atoms with E-state index in [1.807, 2.05) is 26.0 Å². The summed E-state index contributed by atoms with van der Waals surface area (Å²) < 4.78 is 5.84. The molecule has 8 heteroatoms. The maximum Gasteiger partial charge on any atom is 0.191 e. The fourth-order valence-corrected chi connectivity index (χ4v) is 3.72. The molecule has 2 N–H and O–H groups in total. The van der Waals surface area contributed by atoms with Gasteiger partial charge in [-0.25, -0.2) is 4.98 Å². The summed E-state index contributed by atoms with van der Waals surface area (Å²) in [6.45, 7) is 13.7.